The normalized spacial score (nSPS) is 19.1. The van der Waals surface area contributed by atoms with Gasteiger partial charge in [-0.1, -0.05) is 24.4 Å². The molecular formula is C13H16ClN3O4. The summed E-state index contributed by atoms with van der Waals surface area (Å²) in [6.45, 7) is 0.370. The lowest BCUT2D eigenvalue weighted by atomic mass is 10.1. The Bertz CT molecular complexity index is 552. The zero-order chi connectivity index (χ0) is 15.4. The summed E-state index contributed by atoms with van der Waals surface area (Å²) >= 11 is 5.90. The van der Waals surface area contributed by atoms with Gasteiger partial charge in [-0.2, -0.15) is 0 Å². The van der Waals surface area contributed by atoms with Crippen molar-refractivity contribution >= 4 is 23.2 Å². The Hall–Kier alpha value is -1.73. The Morgan fingerprint density at radius 1 is 1.52 bits per heavy atom. The molecule has 1 aromatic heterocycles. The molecule has 1 saturated heterocycles. The topological polar surface area (TPSA) is 96.6 Å². The van der Waals surface area contributed by atoms with Crippen molar-refractivity contribution in [3.05, 3.63) is 33.1 Å². The monoisotopic (exact) mass is 313 g/mol. The predicted molar refractivity (Wildman–Crippen MR) is 76.3 cm³/mol. The number of carbonyl (C=O) groups is 1. The maximum atomic E-state index is 12.6. The maximum Gasteiger partial charge on any atom is 0.288 e. The lowest BCUT2D eigenvalue weighted by Gasteiger charge is -2.28. The molecule has 0 radical (unpaired) electrons. The number of carbonyl (C=O) groups excluding carboxylic acids is 1. The Morgan fingerprint density at radius 3 is 2.95 bits per heavy atom. The van der Waals surface area contributed by atoms with Gasteiger partial charge in [0.2, 0.25) is 0 Å². The number of rotatable bonds is 3. The summed E-state index contributed by atoms with van der Waals surface area (Å²) < 4.78 is 0. The first-order valence-corrected chi connectivity index (χ1v) is 7.14. The van der Waals surface area contributed by atoms with E-state index in [1.54, 1.807) is 4.90 Å². The minimum atomic E-state index is -0.619. The van der Waals surface area contributed by atoms with Crippen LogP contribution in [0.15, 0.2) is 12.3 Å². The summed E-state index contributed by atoms with van der Waals surface area (Å²) in [5.41, 5.74) is -0.274. The summed E-state index contributed by atoms with van der Waals surface area (Å²) in [6, 6.07) is 0.854. The van der Waals surface area contributed by atoms with E-state index in [2.05, 4.69) is 4.98 Å². The zero-order valence-electron chi connectivity index (χ0n) is 11.4. The highest BCUT2D eigenvalue weighted by molar-refractivity contribution is 6.32. The molecule has 114 valence electrons. The molecule has 1 fully saturated rings. The van der Waals surface area contributed by atoms with Gasteiger partial charge in [0.25, 0.3) is 11.6 Å². The van der Waals surface area contributed by atoms with Crippen molar-refractivity contribution in [1.82, 2.24) is 9.88 Å². The second-order valence-corrected chi connectivity index (χ2v) is 5.33. The highest BCUT2D eigenvalue weighted by Crippen LogP contribution is 2.24. The van der Waals surface area contributed by atoms with Crippen LogP contribution in [0.4, 0.5) is 5.69 Å². The molecule has 1 amide bonds. The van der Waals surface area contributed by atoms with E-state index in [-0.39, 0.29) is 29.1 Å². The van der Waals surface area contributed by atoms with Crippen LogP contribution in [0.3, 0.4) is 0 Å². The number of nitro groups is 1. The molecule has 1 N–H and O–H groups in total. The van der Waals surface area contributed by atoms with Gasteiger partial charge in [0.15, 0.2) is 0 Å². The quantitative estimate of drug-likeness (QED) is 0.523. The molecule has 0 aromatic carbocycles. The standard InChI is InChI=1S/C13H16ClN3O4/c14-12-11(6-10(7-15-12)17(20)21)13(19)16-5-3-1-2-4-9(16)8-18/h6-7,9,18H,1-5,8H2. The summed E-state index contributed by atoms with van der Waals surface area (Å²) in [5.74, 6) is -0.419. The van der Waals surface area contributed by atoms with Crippen molar-refractivity contribution in [2.24, 2.45) is 0 Å². The molecule has 0 saturated carbocycles. The third kappa shape index (κ3) is 3.48. The number of pyridine rings is 1. The fourth-order valence-electron chi connectivity index (χ4n) is 2.48. The molecule has 2 rings (SSSR count). The summed E-state index contributed by atoms with van der Waals surface area (Å²) in [4.78, 5) is 28.0. The molecule has 1 aliphatic heterocycles. The van der Waals surface area contributed by atoms with Crippen LogP contribution in [0.25, 0.3) is 0 Å². The fraction of sp³-hybridized carbons (Fsp3) is 0.538. The van der Waals surface area contributed by atoms with Crippen molar-refractivity contribution in [2.45, 2.75) is 31.7 Å². The van der Waals surface area contributed by atoms with Crippen LogP contribution in [0, 0.1) is 10.1 Å². The second kappa shape index (κ2) is 6.82. The fourth-order valence-corrected chi connectivity index (χ4v) is 2.66. The molecule has 1 aromatic rings. The van der Waals surface area contributed by atoms with Gasteiger partial charge in [-0.05, 0) is 12.8 Å². The van der Waals surface area contributed by atoms with E-state index >= 15 is 0 Å². The Labute approximate surface area is 126 Å². The van der Waals surface area contributed by atoms with Crippen LogP contribution in [0.1, 0.15) is 36.0 Å². The van der Waals surface area contributed by atoms with Gasteiger partial charge < -0.3 is 10.0 Å². The number of aromatic nitrogens is 1. The number of hydrogen-bond donors (Lipinski definition) is 1. The first-order valence-electron chi connectivity index (χ1n) is 6.76. The lowest BCUT2D eigenvalue weighted by Crippen LogP contribution is -2.42. The smallest absolute Gasteiger partial charge is 0.288 e. The van der Waals surface area contributed by atoms with Gasteiger partial charge in [0.1, 0.15) is 11.3 Å². The van der Waals surface area contributed by atoms with Crippen molar-refractivity contribution in [2.75, 3.05) is 13.2 Å². The molecule has 1 aliphatic rings. The number of halogens is 1. The van der Waals surface area contributed by atoms with Crippen molar-refractivity contribution in [1.29, 1.82) is 0 Å². The van der Waals surface area contributed by atoms with Crippen LogP contribution in [0.2, 0.25) is 5.15 Å². The number of amides is 1. The van der Waals surface area contributed by atoms with E-state index in [1.807, 2.05) is 0 Å². The van der Waals surface area contributed by atoms with Crippen molar-refractivity contribution in [3.8, 4) is 0 Å². The third-order valence-electron chi connectivity index (χ3n) is 3.61. The van der Waals surface area contributed by atoms with Crippen molar-refractivity contribution < 1.29 is 14.8 Å². The van der Waals surface area contributed by atoms with E-state index in [4.69, 9.17) is 11.6 Å². The summed E-state index contributed by atoms with van der Waals surface area (Å²) in [7, 11) is 0. The average molecular weight is 314 g/mol. The Kier molecular flexibility index (Phi) is 5.08. The summed E-state index contributed by atoms with van der Waals surface area (Å²) in [5, 5.41) is 20.2. The van der Waals surface area contributed by atoms with E-state index in [0.29, 0.717) is 13.0 Å². The van der Waals surface area contributed by atoms with Crippen LogP contribution >= 0.6 is 11.6 Å². The molecule has 0 aliphatic carbocycles. The Balaban J connectivity index is 2.33. The molecule has 1 atom stereocenters. The number of hydrogen-bond acceptors (Lipinski definition) is 5. The largest absolute Gasteiger partial charge is 0.394 e. The van der Waals surface area contributed by atoms with E-state index in [9.17, 15) is 20.0 Å². The summed E-state index contributed by atoms with van der Waals surface area (Å²) in [6.07, 6.45) is 4.49. The molecule has 2 heterocycles. The van der Waals surface area contributed by atoms with Gasteiger partial charge in [-0.25, -0.2) is 4.98 Å². The maximum absolute atomic E-state index is 12.6. The molecule has 7 nitrogen and oxygen atoms in total. The van der Waals surface area contributed by atoms with Gasteiger partial charge in [-0.3, -0.25) is 14.9 Å². The van der Waals surface area contributed by atoms with Crippen LogP contribution in [-0.4, -0.2) is 45.0 Å². The molecular weight excluding hydrogens is 298 g/mol. The van der Waals surface area contributed by atoms with Crippen LogP contribution < -0.4 is 0 Å². The zero-order valence-corrected chi connectivity index (χ0v) is 12.1. The van der Waals surface area contributed by atoms with E-state index in [0.717, 1.165) is 31.5 Å². The number of nitrogens with zero attached hydrogens (tertiary/aromatic N) is 3. The first kappa shape index (κ1) is 15.7. The van der Waals surface area contributed by atoms with Gasteiger partial charge in [-0.15, -0.1) is 0 Å². The van der Waals surface area contributed by atoms with Gasteiger partial charge in [0.05, 0.1) is 23.1 Å². The van der Waals surface area contributed by atoms with Crippen LogP contribution in [-0.2, 0) is 0 Å². The van der Waals surface area contributed by atoms with E-state index in [1.165, 1.54) is 0 Å². The Morgan fingerprint density at radius 2 is 2.29 bits per heavy atom. The highest BCUT2D eigenvalue weighted by atomic mass is 35.5. The van der Waals surface area contributed by atoms with Gasteiger partial charge in [0, 0.05) is 12.6 Å². The third-order valence-corrected chi connectivity index (χ3v) is 3.92. The first-order chi connectivity index (χ1) is 10.0. The minimum absolute atomic E-state index is 0.00576. The molecule has 0 spiro atoms. The predicted octanol–water partition coefficient (Wildman–Crippen LogP) is 2.02. The SMILES string of the molecule is O=C(c1cc([N+](=O)[O-])cnc1Cl)N1CCCCCC1CO. The highest BCUT2D eigenvalue weighted by Gasteiger charge is 2.28. The number of aliphatic hydroxyl groups excluding tert-OH is 1. The average Bonchev–Trinajstić information content (AvgIpc) is 2.71. The lowest BCUT2D eigenvalue weighted by molar-refractivity contribution is -0.385. The van der Waals surface area contributed by atoms with Gasteiger partial charge >= 0.3 is 0 Å². The minimum Gasteiger partial charge on any atom is -0.394 e. The second-order valence-electron chi connectivity index (χ2n) is 4.97. The molecule has 1 unspecified atom stereocenters. The van der Waals surface area contributed by atoms with Crippen molar-refractivity contribution in [3.63, 3.8) is 0 Å². The molecule has 0 bridgehead atoms. The van der Waals surface area contributed by atoms with E-state index < -0.39 is 10.8 Å². The number of aliphatic hydroxyl groups is 1. The number of likely N-dealkylation sites (tertiary alicyclic amines) is 1. The molecule has 8 heteroatoms. The van der Waals surface area contributed by atoms with Crippen LogP contribution in [0.5, 0.6) is 0 Å². The molecule has 21 heavy (non-hydrogen) atoms.